The Morgan fingerprint density at radius 1 is 0.404 bits per heavy atom. The van der Waals surface area contributed by atoms with Crippen LogP contribution in [0.2, 0.25) is 0 Å². The second-order valence-corrected chi connectivity index (χ2v) is 15.7. The van der Waals surface area contributed by atoms with Gasteiger partial charge in [-0.15, -0.1) is 0 Å². The van der Waals surface area contributed by atoms with Crippen molar-refractivity contribution in [2.24, 2.45) is 0 Å². The zero-order chi connectivity index (χ0) is 38.1. The molecule has 1 aliphatic carbocycles. The van der Waals surface area contributed by atoms with Crippen molar-refractivity contribution in [2.75, 3.05) is 4.90 Å². The minimum atomic E-state index is -0.147. The highest BCUT2D eigenvalue weighted by Gasteiger charge is 2.36. The number of rotatable bonds is 6. The van der Waals surface area contributed by atoms with E-state index in [0.717, 1.165) is 50.1 Å². The number of anilines is 3. The van der Waals surface area contributed by atoms with E-state index in [1.807, 2.05) is 0 Å². The van der Waals surface area contributed by atoms with E-state index >= 15 is 0 Å². The van der Waals surface area contributed by atoms with Gasteiger partial charge in [0.2, 0.25) is 0 Å². The van der Waals surface area contributed by atoms with E-state index in [2.05, 4.69) is 219 Å². The molecule has 1 aliphatic rings. The third kappa shape index (κ3) is 5.40. The Balaban J connectivity index is 1.16. The average Bonchev–Trinajstić information content (AvgIpc) is 3.76. The minimum absolute atomic E-state index is 0.147. The molecule has 2 nitrogen and oxygen atoms in total. The average molecular weight is 730 g/mol. The van der Waals surface area contributed by atoms with Gasteiger partial charge in [-0.1, -0.05) is 166 Å². The van der Waals surface area contributed by atoms with Gasteiger partial charge in [-0.05, 0) is 109 Å². The molecule has 0 N–H and O–H groups in total. The van der Waals surface area contributed by atoms with Gasteiger partial charge >= 0.3 is 0 Å². The van der Waals surface area contributed by atoms with Crippen LogP contribution in [0.1, 0.15) is 25.0 Å². The summed E-state index contributed by atoms with van der Waals surface area (Å²) in [6.07, 6.45) is 0. The van der Waals surface area contributed by atoms with Gasteiger partial charge < -0.3 is 9.32 Å². The maximum absolute atomic E-state index is 6.56. The molecule has 0 saturated heterocycles. The van der Waals surface area contributed by atoms with Crippen molar-refractivity contribution in [2.45, 2.75) is 19.3 Å². The highest BCUT2D eigenvalue weighted by Crippen LogP contribution is 2.52. The van der Waals surface area contributed by atoms with Crippen LogP contribution < -0.4 is 4.90 Å². The third-order valence-corrected chi connectivity index (χ3v) is 12.1. The van der Waals surface area contributed by atoms with Crippen molar-refractivity contribution in [3.8, 4) is 44.5 Å². The molecular formula is C55H39NO. The van der Waals surface area contributed by atoms with Crippen LogP contribution >= 0.6 is 0 Å². The van der Waals surface area contributed by atoms with Crippen molar-refractivity contribution in [3.05, 3.63) is 211 Å². The van der Waals surface area contributed by atoms with Gasteiger partial charge in [-0.2, -0.15) is 0 Å². The smallest absolute Gasteiger partial charge is 0.136 e. The summed E-state index contributed by atoms with van der Waals surface area (Å²) in [7, 11) is 0. The highest BCUT2D eigenvalue weighted by atomic mass is 16.3. The summed E-state index contributed by atoms with van der Waals surface area (Å²) in [5.74, 6) is 0. The van der Waals surface area contributed by atoms with E-state index in [9.17, 15) is 0 Å². The SMILES string of the molecule is CC1(C)c2ccccc2-c2ccc(N(c3ccc4cc(-c5ccccc5)ccc4c3)c3ccc4oc5ccccc5c4c3-c3ccc(-c4ccccc4)cc3)cc21. The number of benzene rings is 9. The number of fused-ring (bicyclic) bond motifs is 7. The molecule has 9 aromatic carbocycles. The molecule has 270 valence electrons. The lowest BCUT2D eigenvalue weighted by Crippen LogP contribution is -2.17. The van der Waals surface area contributed by atoms with Crippen LogP contribution in [0.4, 0.5) is 17.1 Å². The second kappa shape index (κ2) is 13.0. The van der Waals surface area contributed by atoms with Gasteiger partial charge in [0.1, 0.15) is 11.2 Å². The standard InChI is InChI=1S/C55H39NO/c1-55(2)48-19-11-9-17-45(48)46-30-29-44(35-49(46)55)56(43-28-27-41-33-40(25-26-42(41)34-43)37-15-7-4-8-16-37)50-31-32-52-54(47-18-10-12-20-51(47)57-52)53(50)39-23-21-38(22-24-39)36-13-5-3-6-14-36/h3-35H,1-2H3. The topological polar surface area (TPSA) is 16.4 Å². The molecule has 0 spiro atoms. The summed E-state index contributed by atoms with van der Waals surface area (Å²) in [6, 6.07) is 72.7. The molecule has 0 saturated carbocycles. The molecule has 0 radical (unpaired) electrons. The molecule has 1 aromatic heterocycles. The van der Waals surface area contributed by atoms with Crippen molar-refractivity contribution in [1.82, 2.24) is 0 Å². The van der Waals surface area contributed by atoms with Crippen LogP contribution in [0.3, 0.4) is 0 Å². The predicted octanol–water partition coefficient (Wildman–Crippen LogP) is 15.5. The van der Waals surface area contributed by atoms with Crippen LogP contribution in [0.5, 0.6) is 0 Å². The minimum Gasteiger partial charge on any atom is -0.456 e. The summed E-state index contributed by atoms with van der Waals surface area (Å²) < 4.78 is 6.56. The molecule has 0 fully saturated rings. The first-order chi connectivity index (χ1) is 28.0. The fraction of sp³-hybridized carbons (Fsp3) is 0.0545. The Bertz CT molecular complexity index is 3140. The summed E-state index contributed by atoms with van der Waals surface area (Å²) in [6.45, 7) is 4.71. The molecular weight excluding hydrogens is 691 g/mol. The molecule has 0 bridgehead atoms. The zero-order valence-corrected chi connectivity index (χ0v) is 31.9. The van der Waals surface area contributed by atoms with E-state index in [4.69, 9.17) is 4.42 Å². The second-order valence-electron chi connectivity index (χ2n) is 15.7. The maximum Gasteiger partial charge on any atom is 0.136 e. The first-order valence-electron chi connectivity index (χ1n) is 19.8. The Hall–Kier alpha value is -7.16. The van der Waals surface area contributed by atoms with Gasteiger partial charge in [0.25, 0.3) is 0 Å². The van der Waals surface area contributed by atoms with Crippen molar-refractivity contribution in [3.63, 3.8) is 0 Å². The van der Waals surface area contributed by atoms with E-state index in [0.29, 0.717) is 0 Å². The van der Waals surface area contributed by atoms with Crippen LogP contribution in [-0.4, -0.2) is 0 Å². The Labute approximate surface area is 332 Å². The normalized spacial score (nSPS) is 12.9. The van der Waals surface area contributed by atoms with Crippen molar-refractivity contribution in [1.29, 1.82) is 0 Å². The van der Waals surface area contributed by atoms with Gasteiger partial charge in [0, 0.05) is 33.1 Å². The van der Waals surface area contributed by atoms with E-state index in [1.165, 1.54) is 55.3 Å². The summed E-state index contributed by atoms with van der Waals surface area (Å²) in [5.41, 5.74) is 17.3. The third-order valence-electron chi connectivity index (χ3n) is 12.1. The van der Waals surface area contributed by atoms with Crippen LogP contribution in [0.15, 0.2) is 205 Å². The highest BCUT2D eigenvalue weighted by molar-refractivity contribution is 6.16. The number of furan rings is 1. The van der Waals surface area contributed by atoms with Gasteiger partial charge in [-0.3, -0.25) is 0 Å². The maximum atomic E-state index is 6.56. The van der Waals surface area contributed by atoms with Crippen molar-refractivity contribution >= 4 is 49.8 Å². The lowest BCUT2D eigenvalue weighted by molar-refractivity contribution is 0.660. The molecule has 0 unspecified atom stereocenters. The van der Waals surface area contributed by atoms with Crippen LogP contribution in [0.25, 0.3) is 77.2 Å². The van der Waals surface area contributed by atoms with E-state index < -0.39 is 0 Å². The molecule has 0 aliphatic heterocycles. The number of hydrogen-bond donors (Lipinski definition) is 0. The van der Waals surface area contributed by atoms with Crippen molar-refractivity contribution < 1.29 is 4.42 Å². The fourth-order valence-corrected chi connectivity index (χ4v) is 9.19. The number of nitrogens with zero attached hydrogens (tertiary/aromatic N) is 1. The largest absolute Gasteiger partial charge is 0.456 e. The molecule has 0 atom stereocenters. The quantitative estimate of drug-likeness (QED) is 0.169. The molecule has 57 heavy (non-hydrogen) atoms. The molecule has 11 rings (SSSR count). The first kappa shape index (κ1) is 33.2. The lowest BCUT2D eigenvalue weighted by Gasteiger charge is -2.30. The number of hydrogen-bond acceptors (Lipinski definition) is 2. The summed E-state index contributed by atoms with van der Waals surface area (Å²) in [5, 5.41) is 4.62. The molecule has 0 amide bonds. The predicted molar refractivity (Wildman–Crippen MR) is 240 cm³/mol. The van der Waals surface area contributed by atoms with Crippen LogP contribution in [-0.2, 0) is 5.41 Å². The molecule has 10 aromatic rings. The first-order valence-corrected chi connectivity index (χ1v) is 19.8. The zero-order valence-electron chi connectivity index (χ0n) is 31.9. The fourth-order valence-electron chi connectivity index (χ4n) is 9.19. The Morgan fingerprint density at radius 2 is 0.982 bits per heavy atom. The summed E-state index contributed by atoms with van der Waals surface area (Å²) in [4.78, 5) is 2.46. The molecule has 2 heteroatoms. The van der Waals surface area contributed by atoms with E-state index in [1.54, 1.807) is 0 Å². The Kier molecular flexibility index (Phi) is 7.55. The van der Waals surface area contributed by atoms with Gasteiger partial charge in [0.15, 0.2) is 0 Å². The lowest BCUT2D eigenvalue weighted by atomic mass is 9.82. The van der Waals surface area contributed by atoms with E-state index in [-0.39, 0.29) is 5.41 Å². The van der Waals surface area contributed by atoms with Gasteiger partial charge in [0.05, 0.1) is 5.69 Å². The monoisotopic (exact) mass is 729 g/mol. The summed E-state index contributed by atoms with van der Waals surface area (Å²) >= 11 is 0. The van der Waals surface area contributed by atoms with Crippen LogP contribution in [0, 0.1) is 0 Å². The molecule has 1 heterocycles. The van der Waals surface area contributed by atoms with Gasteiger partial charge in [-0.25, -0.2) is 0 Å². The Morgan fingerprint density at radius 3 is 1.79 bits per heavy atom. The number of para-hydroxylation sites is 1.